The molecule has 1 saturated heterocycles. The van der Waals surface area contributed by atoms with Crippen molar-refractivity contribution in [2.75, 3.05) is 25.5 Å². The van der Waals surface area contributed by atoms with Gasteiger partial charge in [0.25, 0.3) is 5.91 Å². The van der Waals surface area contributed by atoms with E-state index in [1.165, 1.54) is 0 Å². The largest absolute Gasteiger partial charge is 0.377 e. The number of benzene rings is 2. The van der Waals surface area contributed by atoms with Gasteiger partial charge in [-0.25, -0.2) is 0 Å². The first kappa shape index (κ1) is 19.1. The van der Waals surface area contributed by atoms with Crippen LogP contribution in [0.4, 0.5) is 5.69 Å². The third-order valence-corrected chi connectivity index (χ3v) is 4.81. The molecule has 140 valence electrons. The Hall–Kier alpha value is -2.68. The fraction of sp³-hybridized carbons (Fsp3) is 0.364. The van der Waals surface area contributed by atoms with Gasteiger partial charge in [0, 0.05) is 25.3 Å². The molecule has 1 atom stereocenters. The van der Waals surface area contributed by atoms with Crippen LogP contribution >= 0.6 is 0 Å². The predicted molar refractivity (Wildman–Crippen MR) is 106 cm³/mol. The number of nitriles is 1. The average Bonchev–Trinajstić information content (AvgIpc) is 3.15. The monoisotopic (exact) mass is 363 g/mol. The van der Waals surface area contributed by atoms with Gasteiger partial charge in [-0.15, -0.1) is 0 Å². The second-order valence-electron chi connectivity index (χ2n) is 7.10. The van der Waals surface area contributed by atoms with Gasteiger partial charge >= 0.3 is 0 Å². The number of hydrogen-bond acceptors (Lipinski definition) is 4. The van der Waals surface area contributed by atoms with Gasteiger partial charge in [-0.2, -0.15) is 5.26 Å². The minimum atomic E-state index is -0.208. The predicted octanol–water partition coefficient (Wildman–Crippen LogP) is 3.73. The minimum absolute atomic E-state index is 0.208. The van der Waals surface area contributed by atoms with Crippen molar-refractivity contribution in [3.05, 3.63) is 64.7 Å². The maximum absolute atomic E-state index is 12.7. The number of ether oxygens (including phenoxy) is 1. The molecular formula is C22H25N3O2. The summed E-state index contributed by atoms with van der Waals surface area (Å²) in [7, 11) is 2.07. The van der Waals surface area contributed by atoms with Crippen LogP contribution in [0, 0.1) is 18.3 Å². The summed E-state index contributed by atoms with van der Waals surface area (Å²) in [5.74, 6) is -0.208. The Labute approximate surface area is 160 Å². The molecule has 0 saturated carbocycles. The van der Waals surface area contributed by atoms with Crippen LogP contribution in [0.15, 0.2) is 42.5 Å². The van der Waals surface area contributed by atoms with Gasteiger partial charge in [0.2, 0.25) is 0 Å². The summed E-state index contributed by atoms with van der Waals surface area (Å²) >= 11 is 0. The smallest absolute Gasteiger partial charge is 0.255 e. The molecule has 2 aromatic rings. The second-order valence-corrected chi connectivity index (χ2v) is 7.10. The third-order valence-electron chi connectivity index (χ3n) is 4.81. The van der Waals surface area contributed by atoms with E-state index in [1.54, 1.807) is 12.1 Å². The lowest BCUT2D eigenvalue weighted by Gasteiger charge is -2.20. The number of nitrogens with one attached hydrogen (secondary N) is 1. The number of amides is 1. The molecule has 0 radical (unpaired) electrons. The van der Waals surface area contributed by atoms with E-state index < -0.39 is 0 Å². The maximum atomic E-state index is 12.7. The zero-order valence-corrected chi connectivity index (χ0v) is 15.9. The summed E-state index contributed by atoms with van der Waals surface area (Å²) in [6.07, 6.45) is 2.56. The summed E-state index contributed by atoms with van der Waals surface area (Å²) in [6, 6.07) is 15.2. The Kier molecular flexibility index (Phi) is 6.23. The summed E-state index contributed by atoms with van der Waals surface area (Å²) < 4.78 is 5.69. The molecule has 3 rings (SSSR count). The lowest BCUT2D eigenvalue weighted by Crippen LogP contribution is -2.28. The highest BCUT2D eigenvalue weighted by Gasteiger charge is 2.17. The molecule has 1 amide bonds. The zero-order chi connectivity index (χ0) is 19.2. The molecule has 1 fully saturated rings. The molecule has 0 aromatic heterocycles. The maximum Gasteiger partial charge on any atom is 0.255 e. The van der Waals surface area contributed by atoms with E-state index in [0.717, 1.165) is 43.7 Å². The Morgan fingerprint density at radius 3 is 2.89 bits per heavy atom. The van der Waals surface area contributed by atoms with E-state index in [-0.39, 0.29) is 5.91 Å². The van der Waals surface area contributed by atoms with E-state index >= 15 is 0 Å². The number of hydrogen-bond donors (Lipinski definition) is 1. The summed E-state index contributed by atoms with van der Waals surface area (Å²) in [6.45, 7) is 4.37. The van der Waals surface area contributed by atoms with E-state index in [2.05, 4.69) is 23.3 Å². The number of likely N-dealkylation sites (N-methyl/N-ethyl adjacent to an activating group) is 1. The molecule has 1 heterocycles. The molecule has 5 nitrogen and oxygen atoms in total. The van der Waals surface area contributed by atoms with Crippen LogP contribution < -0.4 is 5.32 Å². The van der Waals surface area contributed by atoms with Gasteiger partial charge in [-0.1, -0.05) is 24.3 Å². The second kappa shape index (κ2) is 8.81. The van der Waals surface area contributed by atoms with Gasteiger partial charge in [-0.3, -0.25) is 9.69 Å². The molecule has 0 spiro atoms. The molecule has 27 heavy (non-hydrogen) atoms. The van der Waals surface area contributed by atoms with Crippen molar-refractivity contribution in [1.29, 1.82) is 5.26 Å². The van der Waals surface area contributed by atoms with Crippen molar-refractivity contribution in [2.45, 2.75) is 32.4 Å². The van der Waals surface area contributed by atoms with E-state index in [0.29, 0.717) is 22.9 Å². The summed E-state index contributed by atoms with van der Waals surface area (Å²) in [4.78, 5) is 14.9. The Morgan fingerprint density at radius 2 is 2.15 bits per heavy atom. The number of anilines is 1. The van der Waals surface area contributed by atoms with Crippen LogP contribution in [-0.4, -0.2) is 37.1 Å². The number of aryl methyl sites for hydroxylation is 1. The van der Waals surface area contributed by atoms with Crippen molar-refractivity contribution in [1.82, 2.24) is 4.90 Å². The van der Waals surface area contributed by atoms with Gasteiger partial charge in [0.1, 0.15) is 6.07 Å². The first-order chi connectivity index (χ1) is 13.1. The van der Waals surface area contributed by atoms with Crippen LogP contribution in [0.5, 0.6) is 0 Å². The van der Waals surface area contributed by atoms with Crippen molar-refractivity contribution >= 4 is 11.6 Å². The number of nitrogens with zero attached hydrogens (tertiary/aromatic N) is 2. The van der Waals surface area contributed by atoms with E-state index in [4.69, 9.17) is 4.74 Å². The number of rotatable bonds is 6. The van der Waals surface area contributed by atoms with Crippen molar-refractivity contribution in [2.24, 2.45) is 0 Å². The minimum Gasteiger partial charge on any atom is -0.377 e. The lowest BCUT2D eigenvalue weighted by molar-refractivity contribution is 0.0793. The fourth-order valence-corrected chi connectivity index (χ4v) is 3.44. The Morgan fingerprint density at radius 1 is 1.33 bits per heavy atom. The number of carbonyl (C=O) groups excluding carboxylic acids is 1. The van der Waals surface area contributed by atoms with Crippen LogP contribution in [0.25, 0.3) is 0 Å². The van der Waals surface area contributed by atoms with Crippen molar-refractivity contribution in [3.63, 3.8) is 0 Å². The highest BCUT2D eigenvalue weighted by molar-refractivity contribution is 6.05. The standard InChI is InChI=1S/C22H25N3O2/c1-16-6-3-10-21(20(16)13-23)24-22(26)18-8-4-7-17(12-18)14-25(2)15-19-9-5-11-27-19/h3-4,6-8,10,12,19H,5,9,11,14-15H2,1-2H3,(H,24,26)/t19-/m1/s1. The van der Waals surface area contributed by atoms with Crippen LogP contribution in [0.3, 0.4) is 0 Å². The first-order valence-electron chi connectivity index (χ1n) is 9.27. The molecule has 1 N–H and O–H groups in total. The van der Waals surface area contributed by atoms with Gasteiger partial charge in [-0.05, 0) is 56.1 Å². The molecule has 5 heteroatoms. The van der Waals surface area contributed by atoms with Gasteiger partial charge in [0.15, 0.2) is 0 Å². The summed E-state index contributed by atoms with van der Waals surface area (Å²) in [5.41, 5.74) is 3.55. The SMILES string of the molecule is Cc1cccc(NC(=O)c2cccc(CN(C)C[C@H]3CCCO3)c2)c1C#N. The quantitative estimate of drug-likeness (QED) is 0.849. The third kappa shape index (κ3) is 4.94. The highest BCUT2D eigenvalue weighted by Crippen LogP contribution is 2.20. The van der Waals surface area contributed by atoms with E-state index in [1.807, 2.05) is 37.3 Å². The fourth-order valence-electron chi connectivity index (χ4n) is 3.44. The van der Waals surface area contributed by atoms with Crippen molar-refractivity contribution in [3.8, 4) is 6.07 Å². The van der Waals surface area contributed by atoms with Crippen LogP contribution in [0.1, 0.15) is 39.9 Å². The van der Waals surface area contributed by atoms with Gasteiger partial charge < -0.3 is 10.1 Å². The molecule has 0 unspecified atom stereocenters. The van der Waals surface area contributed by atoms with Crippen LogP contribution in [-0.2, 0) is 11.3 Å². The molecular weight excluding hydrogens is 338 g/mol. The zero-order valence-electron chi connectivity index (χ0n) is 15.9. The van der Waals surface area contributed by atoms with E-state index in [9.17, 15) is 10.1 Å². The highest BCUT2D eigenvalue weighted by atomic mass is 16.5. The normalized spacial score (nSPS) is 16.3. The Balaban J connectivity index is 1.67. The van der Waals surface area contributed by atoms with Crippen molar-refractivity contribution < 1.29 is 9.53 Å². The average molecular weight is 363 g/mol. The molecule has 0 bridgehead atoms. The molecule has 1 aliphatic rings. The summed E-state index contributed by atoms with van der Waals surface area (Å²) in [5, 5.41) is 12.2. The van der Waals surface area contributed by atoms with Crippen LogP contribution in [0.2, 0.25) is 0 Å². The topological polar surface area (TPSA) is 65.4 Å². The lowest BCUT2D eigenvalue weighted by atomic mass is 10.1. The van der Waals surface area contributed by atoms with Gasteiger partial charge in [0.05, 0.1) is 17.4 Å². The molecule has 0 aliphatic carbocycles. The molecule has 2 aromatic carbocycles. The Bertz CT molecular complexity index is 851. The number of carbonyl (C=O) groups is 1. The molecule has 1 aliphatic heterocycles. The first-order valence-corrected chi connectivity index (χ1v) is 9.27.